The van der Waals surface area contributed by atoms with Gasteiger partial charge in [-0.05, 0) is 26.0 Å². The Bertz CT molecular complexity index is 924. The molecule has 0 aliphatic carbocycles. The van der Waals surface area contributed by atoms with E-state index >= 15 is 0 Å². The lowest BCUT2D eigenvalue weighted by atomic mass is 10.0. The molecule has 0 aliphatic rings. The minimum absolute atomic E-state index is 0.296. The zero-order chi connectivity index (χ0) is 18.5. The van der Waals surface area contributed by atoms with Gasteiger partial charge in [0.25, 0.3) is 0 Å². The fourth-order valence-corrected chi connectivity index (χ4v) is 2.72. The molecule has 0 amide bonds. The Morgan fingerprint density at radius 3 is 2.42 bits per heavy atom. The number of esters is 1. The molecule has 0 saturated carbocycles. The summed E-state index contributed by atoms with van der Waals surface area (Å²) in [5.41, 5.74) is 3.19. The van der Waals surface area contributed by atoms with Gasteiger partial charge in [-0.15, -0.1) is 0 Å². The lowest BCUT2D eigenvalue weighted by Crippen LogP contribution is -2.12. The number of aryl methyl sites for hydroxylation is 1. The van der Waals surface area contributed by atoms with Crippen LogP contribution in [-0.2, 0) is 4.74 Å². The number of hydrogen-bond donors (Lipinski definition) is 0. The van der Waals surface area contributed by atoms with Crippen LogP contribution < -0.4 is 4.74 Å². The van der Waals surface area contributed by atoms with Crippen molar-refractivity contribution in [3.8, 4) is 28.4 Å². The summed E-state index contributed by atoms with van der Waals surface area (Å²) in [7, 11) is 1.62. The molecule has 2 aromatic carbocycles. The first-order valence-corrected chi connectivity index (χ1v) is 8.39. The van der Waals surface area contributed by atoms with Crippen LogP contribution in [0.4, 0.5) is 0 Å². The van der Waals surface area contributed by atoms with Crippen molar-refractivity contribution in [3.05, 3.63) is 65.9 Å². The van der Waals surface area contributed by atoms with Crippen LogP contribution in [0, 0.1) is 6.92 Å². The molecule has 1 heterocycles. The summed E-state index contributed by atoms with van der Waals surface area (Å²) in [6.07, 6.45) is 0. The predicted molar refractivity (Wildman–Crippen MR) is 100 cm³/mol. The van der Waals surface area contributed by atoms with E-state index in [4.69, 9.17) is 9.47 Å². The molecule has 1 aromatic heterocycles. The highest BCUT2D eigenvalue weighted by molar-refractivity contribution is 5.97. The summed E-state index contributed by atoms with van der Waals surface area (Å²) in [6, 6.07) is 17.1. The number of carbonyl (C=O) groups is 1. The van der Waals surface area contributed by atoms with Crippen molar-refractivity contribution in [1.82, 2.24) is 9.97 Å². The normalized spacial score (nSPS) is 10.4. The maximum Gasteiger partial charge on any atom is 0.342 e. The molecule has 0 fully saturated rings. The van der Waals surface area contributed by atoms with Gasteiger partial charge in [0.05, 0.1) is 25.1 Å². The van der Waals surface area contributed by atoms with E-state index in [1.54, 1.807) is 21.0 Å². The molecule has 0 spiro atoms. The van der Waals surface area contributed by atoms with Crippen LogP contribution in [0.1, 0.15) is 23.0 Å². The zero-order valence-corrected chi connectivity index (χ0v) is 15.0. The van der Waals surface area contributed by atoms with Crippen LogP contribution in [0.5, 0.6) is 5.75 Å². The van der Waals surface area contributed by atoms with E-state index in [1.807, 2.05) is 54.6 Å². The molecule has 26 heavy (non-hydrogen) atoms. The molecule has 0 aliphatic heterocycles. The Balaban J connectivity index is 2.20. The Kier molecular flexibility index (Phi) is 5.27. The molecule has 0 bridgehead atoms. The van der Waals surface area contributed by atoms with Crippen LogP contribution >= 0.6 is 0 Å². The smallest absolute Gasteiger partial charge is 0.342 e. The van der Waals surface area contributed by atoms with Gasteiger partial charge in [-0.1, -0.05) is 42.5 Å². The van der Waals surface area contributed by atoms with E-state index < -0.39 is 5.97 Å². The summed E-state index contributed by atoms with van der Waals surface area (Å²) in [6.45, 7) is 3.87. The van der Waals surface area contributed by atoms with Crippen LogP contribution in [-0.4, -0.2) is 29.7 Å². The van der Waals surface area contributed by atoms with E-state index in [-0.39, 0.29) is 0 Å². The van der Waals surface area contributed by atoms with Crippen molar-refractivity contribution in [3.63, 3.8) is 0 Å². The van der Waals surface area contributed by atoms with Crippen LogP contribution in [0.2, 0.25) is 0 Å². The number of aromatic nitrogens is 2. The standard InChI is InChI=1S/C21H20N2O3/c1-4-26-21(24)18-14(2)22-20(16-11-8-12-17(13-16)25-3)23-19(18)15-9-6-5-7-10-15/h5-13H,4H2,1-3H3. The molecule has 0 unspecified atom stereocenters. The maximum absolute atomic E-state index is 12.5. The first-order chi connectivity index (χ1) is 12.6. The van der Waals surface area contributed by atoms with Gasteiger partial charge >= 0.3 is 5.97 Å². The third-order valence-corrected chi connectivity index (χ3v) is 3.94. The second-order valence-corrected chi connectivity index (χ2v) is 5.67. The molecule has 3 aromatic rings. The molecular formula is C21H20N2O3. The minimum atomic E-state index is -0.416. The third-order valence-electron chi connectivity index (χ3n) is 3.94. The lowest BCUT2D eigenvalue weighted by molar-refractivity contribution is 0.0525. The Hall–Kier alpha value is -3.21. The van der Waals surface area contributed by atoms with E-state index in [2.05, 4.69) is 9.97 Å². The lowest BCUT2D eigenvalue weighted by Gasteiger charge is -2.13. The monoisotopic (exact) mass is 348 g/mol. The summed E-state index contributed by atoms with van der Waals surface area (Å²) >= 11 is 0. The zero-order valence-electron chi connectivity index (χ0n) is 15.0. The highest BCUT2D eigenvalue weighted by atomic mass is 16.5. The molecule has 3 rings (SSSR count). The first kappa shape index (κ1) is 17.6. The van der Waals surface area contributed by atoms with Gasteiger partial charge in [-0.2, -0.15) is 0 Å². The molecule has 0 saturated heterocycles. The molecular weight excluding hydrogens is 328 g/mol. The summed E-state index contributed by atoms with van der Waals surface area (Å²) < 4.78 is 10.5. The molecule has 132 valence electrons. The largest absolute Gasteiger partial charge is 0.497 e. The van der Waals surface area contributed by atoms with Gasteiger partial charge in [0.1, 0.15) is 11.3 Å². The SMILES string of the molecule is CCOC(=O)c1c(C)nc(-c2cccc(OC)c2)nc1-c1ccccc1. The number of rotatable bonds is 5. The summed E-state index contributed by atoms with van der Waals surface area (Å²) in [4.78, 5) is 21.7. The number of benzene rings is 2. The van der Waals surface area contributed by atoms with Crippen LogP contribution in [0.3, 0.4) is 0 Å². The highest BCUT2D eigenvalue weighted by Crippen LogP contribution is 2.28. The van der Waals surface area contributed by atoms with Crippen molar-refractivity contribution < 1.29 is 14.3 Å². The van der Waals surface area contributed by atoms with Gasteiger partial charge in [0.15, 0.2) is 5.82 Å². The maximum atomic E-state index is 12.5. The number of carbonyl (C=O) groups excluding carboxylic acids is 1. The molecule has 0 atom stereocenters. The van der Waals surface area contributed by atoms with Crippen molar-refractivity contribution in [2.45, 2.75) is 13.8 Å². The Labute approximate surface area is 152 Å². The number of nitrogens with zero attached hydrogens (tertiary/aromatic N) is 2. The van der Waals surface area contributed by atoms with Gasteiger partial charge in [0, 0.05) is 11.1 Å². The van der Waals surface area contributed by atoms with Gasteiger partial charge in [-0.3, -0.25) is 0 Å². The second kappa shape index (κ2) is 7.78. The van der Waals surface area contributed by atoms with Gasteiger partial charge in [-0.25, -0.2) is 14.8 Å². The molecule has 0 N–H and O–H groups in total. The number of ether oxygens (including phenoxy) is 2. The highest BCUT2D eigenvalue weighted by Gasteiger charge is 2.21. The van der Waals surface area contributed by atoms with Crippen LogP contribution in [0.25, 0.3) is 22.6 Å². The van der Waals surface area contributed by atoms with Crippen molar-refractivity contribution >= 4 is 5.97 Å². The van der Waals surface area contributed by atoms with E-state index in [9.17, 15) is 4.79 Å². The van der Waals surface area contributed by atoms with Crippen LogP contribution in [0.15, 0.2) is 54.6 Å². The second-order valence-electron chi connectivity index (χ2n) is 5.67. The van der Waals surface area contributed by atoms with Gasteiger partial charge < -0.3 is 9.47 Å². The first-order valence-electron chi connectivity index (χ1n) is 8.39. The van der Waals surface area contributed by atoms with Crippen molar-refractivity contribution in [2.24, 2.45) is 0 Å². The third kappa shape index (κ3) is 3.57. The molecule has 5 heteroatoms. The summed E-state index contributed by atoms with van der Waals surface area (Å²) in [5, 5.41) is 0. The van der Waals surface area contributed by atoms with E-state index in [1.165, 1.54) is 0 Å². The van der Waals surface area contributed by atoms with Crippen molar-refractivity contribution in [1.29, 1.82) is 0 Å². The quantitative estimate of drug-likeness (QED) is 0.643. The van der Waals surface area contributed by atoms with E-state index in [0.29, 0.717) is 29.4 Å². The molecule has 5 nitrogen and oxygen atoms in total. The number of hydrogen-bond acceptors (Lipinski definition) is 5. The Morgan fingerprint density at radius 1 is 1.00 bits per heavy atom. The predicted octanol–water partition coefficient (Wildman–Crippen LogP) is 4.30. The summed E-state index contributed by atoms with van der Waals surface area (Å²) in [5.74, 6) is 0.842. The Morgan fingerprint density at radius 2 is 1.73 bits per heavy atom. The topological polar surface area (TPSA) is 61.3 Å². The number of methoxy groups -OCH3 is 1. The minimum Gasteiger partial charge on any atom is -0.497 e. The average molecular weight is 348 g/mol. The van der Waals surface area contributed by atoms with E-state index in [0.717, 1.165) is 16.9 Å². The van der Waals surface area contributed by atoms with Gasteiger partial charge in [0.2, 0.25) is 0 Å². The average Bonchev–Trinajstić information content (AvgIpc) is 2.68. The van der Waals surface area contributed by atoms with Crippen molar-refractivity contribution in [2.75, 3.05) is 13.7 Å². The fraction of sp³-hybridized carbons (Fsp3) is 0.190. The fourth-order valence-electron chi connectivity index (χ4n) is 2.72. The molecule has 0 radical (unpaired) electrons.